The summed E-state index contributed by atoms with van der Waals surface area (Å²) in [7, 11) is 6.14. The predicted octanol–water partition coefficient (Wildman–Crippen LogP) is 26.7. The number of hydrogen-bond acceptors (Lipinski definition) is 18. The van der Waals surface area contributed by atoms with Crippen molar-refractivity contribution < 1.29 is 14.2 Å². The van der Waals surface area contributed by atoms with Gasteiger partial charge in [0.05, 0.1) is 48.4 Å². The first-order valence-electron chi connectivity index (χ1n) is 39.3. The van der Waals surface area contributed by atoms with E-state index in [-0.39, 0.29) is 97.9 Å². The van der Waals surface area contributed by atoms with E-state index in [4.69, 9.17) is 14.2 Å². The van der Waals surface area contributed by atoms with Crippen LogP contribution in [0, 0.1) is 48.7 Å². The number of nitrogens with zero attached hydrogens (tertiary/aromatic N) is 12. The van der Waals surface area contributed by atoms with E-state index in [1.54, 1.807) is 23.5 Å². The molecule has 0 saturated carbocycles. The van der Waals surface area contributed by atoms with E-state index in [1.807, 2.05) is 88.2 Å². The van der Waals surface area contributed by atoms with Crippen LogP contribution in [-0.2, 0) is 14.2 Å². The van der Waals surface area contributed by atoms with Crippen molar-refractivity contribution in [2.24, 2.45) is 93.7 Å². The van der Waals surface area contributed by atoms with Gasteiger partial charge in [0.25, 0.3) is 0 Å². The Balaban J connectivity index is 0.000000625. The lowest BCUT2D eigenvalue weighted by Crippen LogP contribution is -2.57. The van der Waals surface area contributed by atoms with Crippen molar-refractivity contribution in [1.29, 1.82) is 0 Å². The lowest BCUT2D eigenvalue weighted by molar-refractivity contribution is -0.0121. The number of thioether (sulfide) groups is 3. The Morgan fingerprint density at radius 3 is 0.865 bits per heavy atom. The lowest BCUT2D eigenvalue weighted by atomic mass is 9.70. The molecule has 18 heteroatoms. The Bertz CT molecular complexity index is 3560. The molecule has 0 atom stereocenters. The maximum Gasteiger partial charge on any atom is 0.187 e. The quantitative estimate of drug-likeness (QED) is 0.231. The van der Waals surface area contributed by atoms with Crippen LogP contribution in [0.25, 0.3) is 0 Å². The highest BCUT2D eigenvalue weighted by Crippen LogP contribution is 2.54. The fraction of sp³-hybridized carbons (Fsp3) is 0.710. The molecule has 0 aromatic heterocycles. The van der Waals surface area contributed by atoms with Crippen molar-refractivity contribution in [3.8, 4) is 0 Å². The zero-order valence-electron chi connectivity index (χ0n) is 80.2. The van der Waals surface area contributed by atoms with Crippen LogP contribution in [0.1, 0.15) is 312 Å². The number of aliphatic imine (C=N–C) groups is 9. The first kappa shape index (κ1) is 104. The van der Waals surface area contributed by atoms with Crippen molar-refractivity contribution in [2.75, 3.05) is 21.1 Å². The third-order valence-electron chi connectivity index (χ3n) is 28.6. The second-order valence-electron chi connectivity index (χ2n) is 40.5. The highest BCUT2D eigenvalue weighted by Gasteiger charge is 2.51. The smallest absolute Gasteiger partial charge is 0.187 e. The highest BCUT2D eigenvalue weighted by atomic mass is 32.2. The molecule has 0 N–H and O–H groups in total. The van der Waals surface area contributed by atoms with Gasteiger partial charge in [-0.15, -0.1) is 11.8 Å². The van der Waals surface area contributed by atoms with Crippen LogP contribution < -0.4 is 0 Å². The largest absolute Gasteiger partial charge is 0.474 e. The molecule has 0 spiro atoms. The lowest BCUT2D eigenvalue weighted by Gasteiger charge is -2.51. The van der Waals surface area contributed by atoms with Gasteiger partial charge in [-0.3, -0.25) is 25.0 Å². The first-order chi connectivity index (χ1) is 48.7. The van der Waals surface area contributed by atoms with Crippen molar-refractivity contribution in [1.82, 2.24) is 14.7 Å². The second-order valence-corrected chi connectivity index (χ2v) is 44.9. The third-order valence-corrected chi connectivity index (χ3v) is 32.3. The summed E-state index contributed by atoms with van der Waals surface area (Å²) >= 11 is 5.26. The van der Waals surface area contributed by atoms with Crippen molar-refractivity contribution >= 4 is 85.6 Å². The molecule has 0 fully saturated rings. The summed E-state index contributed by atoms with van der Waals surface area (Å²) < 4.78 is 16.6. The maximum absolute atomic E-state index is 5.65. The minimum absolute atomic E-state index is 0.0145. The van der Waals surface area contributed by atoms with E-state index < -0.39 is 0 Å². The van der Waals surface area contributed by atoms with Crippen LogP contribution in [0.4, 0.5) is 0 Å². The molecule has 9 aliphatic heterocycles. The molecule has 9 heterocycles. The fourth-order valence-electron chi connectivity index (χ4n) is 12.0. The van der Waals surface area contributed by atoms with Crippen LogP contribution in [0.3, 0.4) is 0 Å². The summed E-state index contributed by atoms with van der Waals surface area (Å²) in [4.78, 5) is 49.5. The van der Waals surface area contributed by atoms with E-state index in [1.165, 1.54) is 9.81 Å². The molecule has 9 aliphatic rings. The minimum Gasteiger partial charge on any atom is -0.474 e. The molecule has 0 saturated heterocycles. The summed E-state index contributed by atoms with van der Waals surface area (Å²) in [6, 6.07) is 0. The second kappa shape index (κ2) is 34.4. The standard InChI is InChI=1S/3C11H20N2.3C10H17NO.3C10H17NS/c2*1-8-10(3,4)11(5,6)12-9(2)13(8)7;1-8-10(3,4)11(5,6)13(7)9(2)12-8;2*1-7-9(3,4)10(5,6)11-8(2)12-7;1-7-9(3,4)10(5,6)12-8(2)11-7;2*1-7-9(3,4)10(5,6)11-8(2)12-7;1-7-9(3,4)10(5,6)12-8(2)11-7/h3*1H2,2-7H3;6*1H2,2-6H3. The van der Waals surface area contributed by atoms with E-state index in [2.05, 4.69) is 375 Å². The Hall–Kier alpha value is -5.46. The summed E-state index contributed by atoms with van der Waals surface area (Å²) in [5, 5.41) is 3.39. The number of allylic oxidation sites excluding steroid dienone is 1. The number of ether oxygens (including phenoxy) is 3. The van der Waals surface area contributed by atoms with Gasteiger partial charge in [0.2, 0.25) is 0 Å². The fourth-order valence-corrected chi connectivity index (χ4v) is 15.5. The number of amidine groups is 3. The Morgan fingerprint density at radius 2 is 0.577 bits per heavy atom. The molecule has 0 unspecified atom stereocenters. The van der Waals surface area contributed by atoms with Crippen LogP contribution in [0.15, 0.2) is 154 Å². The van der Waals surface area contributed by atoms with Gasteiger partial charge >= 0.3 is 0 Å². The first-order valence-corrected chi connectivity index (χ1v) is 41.8. The average molecular weight is 1590 g/mol. The van der Waals surface area contributed by atoms with Gasteiger partial charge in [0.1, 0.15) is 34.6 Å². The Morgan fingerprint density at radius 1 is 0.288 bits per heavy atom. The number of hydrogen-bond donors (Lipinski definition) is 0. The summed E-state index contributed by atoms with van der Waals surface area (Å²) in [5.74, 6) is 6.90. The normalized spacial score (nSPS) is 26.2. The maximum atomic E-state index is 5.65. The molecule has 15 nitrogen and oxygen atoms in total. The van der Waals surface area contributed by atoms with Crippen LogP contribution >= 0.6 is 35.3 Å². The van der Waals surface area contributed by atoms with Gasteiger partial charge in [-0.2, -0.15) is 0 Å². The third kappa shape index (κ3) is 22.0. The molecule has 0 amide bonds. The van der Waals surface area contributed by atoms with Gasteiger partial charge in [0.15, 0.2) is 17.7 Å². The Labute approximate surface area is 694 Å². The molecule has 0 radical (unpaired) electrons. The van der Waals surface area contributed by atoms with Crippen molar-refractivity contribution in [2.45, 2.75) is 361 Å². The molecule has 111 heavy (non-hydrogen) atoms. The zero-order chi connectivity index (χ0) is 88.7. The van der Waals surface area contributed by atoms with Crippen LogP contribution in [0.5, 0.6) is 0 Å². The van der Waals surface area contributed by atoms with E-state index >= 15 is 0 Å². The van der Waals surface area contributed by atoms with E-state index in [9.17, 15) is 0 Å². The molecule has 0 bridgehead atoms. The molecule has 0 aromatic carbocycles. The van der Waals surface area contributed by atoms with E-state index in [0.29, 0.717) is 17.7 Å². The SMILES string of the molecule is C=C1N(C)C(C)=NC(C)(C)C1(C)C.C=C1N(C)C(C)=NC(C)(C)C1(C)C.C=C1N=C(C)N(C)C(C)(C)C1(C)C.C=C1N=C(C)OC(C)(C)C1(C)C.C=C1N=C(C)SC(C)(C)C1(C)C.C=C1OC(C)=NC(C)(C)C1(C)C.C=C1OC(C)=NC(C)(C)C1(C)C.C=C1SC(C)=NC(C)(C)C1(C)C.C=C1SC(C)=NC(C)(C)C1(C)C. The summed E-state index contributed by atoms with van der Waals surface area (Å²) in [5.41, 5.74) is 4.76. The summed E-state index contributed by atoms with van der Waals surface area (Å²) in [6.07, 6.45) is 0. The minimum atomic E-state index is -0.212. The molecule has 0 aromatic rings. The highest BCUT2D eigenvalue weighted by molar-refractivity contribution is 8.17. The van der Waals surface area contributed by atoms with E-state index in [0.717, 1.165) is 72.6 Å². The molecule has 0 aliphatic carbocycles. The average Bonchev–Trinajstić information content (AvgIpc) is 0.751. The number of rotatable bonds is 0. The van der Waals surface area contributed by atoms with Crippen LogP contribution in [0.2, 0.25) is 0 Å². The Kier molecular flexibility index (Phi) is 32.1. The van der Waals surface area contributed by atoms with Crippen molar-refractivity contribution in [3.63, 3.8) is 0 Å². The molecule has 9 rings (SSSR count). The van der Waals surface area contributed by atoms with Gasteiger partial charge in [-0.1, -0.05) is 207 Å². The topological polar surface area (TPSA) is 149 Å². The predicted molar refractivity (Wildman–Crippen MR) is 500 cm³/mol. The molecule has 630 valence electrons. The van der Waals surface area contributed by atoms with Gasteiger partial charge in [0, 0.05) is 129 Å². The monoisotopic (exact) mass is 1590 g/mol. The zero-order valence-corrected chi connectivity index (χ0v) is 82.6. The molecular weight excluding hydrogens is 1430 g/mol. The summed E-state index contributed by atoms with van der Waals surface area (Å²) in [6.45, 7) is 132. The van der Waals surface area contributed by atoms with Gasteiger partial charge in [-0.25, -0.2) is 20.0 Å². The van der Waals surface area contributed by atoms with Crippen molar-refractivity contribution in [3.05, 3.63) is 109 Å². The van der Waals surface area contributed by atoms with Gasteiger partial charge < -0.3 is 28.9 Å². The van der Waals surface area contributed by atoms with Gasteiger partial charge in [-0.05, 0) is 176 Å². The molecular formula is C93H162N12O3S3. The van der Waals surface area contributed by atoms with Crippen LogP contribution in [-0.4, -0.2) is 135 Å².